The second-order valence-electron chi connectivity index (χ2n) is 6.11. The highest BCUT2D eigenvalue weighted by atomic mass is 16.5. The van der Waals surface area contributed by atoms with Crippen LogP contribution in [0.4, 0.5) is 0 Å². The van der Waals surface area contributed by atoms with Gasteiger partial charge in [0.2, 0.25) is 0 Å². The Labute approximate surface area is 133 Å². The molecule has 0 radical (unpaired) electrons. The molecule has 0 bridgehead atoms. The Morgan fingerprint density at radius 2 is 2.05 bits per heavy atom. The molecule has 4 nitrogen and oxygen atoms in total. The third-order valence-corrected chi connectivity index (χ3v) is 4.22. The summed E-state index contributed by atoms with van der Waals surface area (Å²) in [6.45, 7) is 5.34. The SMILES string of the molecule is CCCCCCOc1ccc(CN2CCC(C(=O)O)C2)cc1. The zero-order valence-corrected chi connectivity index (χ0v) is 13.5. The van der Waals surface area contributed by atoms with E-state index in [9.17, 15) is 4.79 Å². The molecule has 0 amide bonds. The van der Waals surface area contributed by atoms with Crippen LogP contribution in [-0.4, -0.2) is 35.7 Å². The zero-order valence-electron chi connectivity index (χ0n) is 13.5. The molecule has 1 aliphatic rings. The lowest BCUT2D eigenvalue weighted by atomic mass is 10.1. The smallest absolute Gasteiger partial charge is 0.307 e. The van der Waals surface area contributed by atoms with Gasteiger partial charge in [-0.3, -0.25) is 9.69 Å². The van der Waals surface area contributed by atoms with Crippen LogP contribution in [0, 0.1) is 5.92 Å². The van der Waals surface area contributed by atoms with Gasteiger partial charge in [0.1, 0.15) is 5.75 Å². The largest absolute Gasteiger partial charge is 0.494 e. The predicted octanol–water partition coefficient (Wildman–Crippen LogP) is 3.55. The van der Waals surface area contributed by atoms with Crippen LogP contribution in [0.3, 0.4) is 0 Å². The number of benzene rings is 1. The van der Waals surface area contributed by atoms with Gasteiger partial charge in [0, 0.05) is 13.1 Å². The summed E-state index contributed by atoms with van der Waals surface area (Å²) < 4.78 is 5.73. The molecule has 1 saturated heterocycles. The maximum atomic E-state index is 11.0. The van der Waals surface area contributed by atoms with E-state index in [4.69, 9.17) is 9.84 Å². The van der Waals surface area contributed by atoms with Gasteiger partial charge < -0.3 is 9.84 Å². The molecular weight excluding hydrogens is 278 g/mol. The van der Waals surface area contributed by atoms with Gasteiger partial charge in [0.25, 0.3) is 0 Å². The van der Waals surface area contributed by atoms with Gasteiger partial charge in [-0.2, -0.15) is 0 Å². The summed E-state index contributed by atoms with van der Waals surface area (Å²) >= 11 is 0. The minimum atomic E-state index is -0.672. The summed E-state index contributed by atoms with van der Waals surface area (Å²) in [5.74, 6) is 0.0464. The lowest BCUT2D eigenvalue weighted by Gasteiger charge is -2.15. The highest BCUT2D eigenvalue weighted by molar-refractivity contribution is 5.70. The van der Waals surface area contributed by atoms with Crippen LogP contribution in [0.25, 0.3) is 0 Å². The van der Waals surface area contributed by atoms with Gasteiger partial charge in [-0.15, -0.1) is 0 Å². The van der Waals surface area contributed by atoms with Crippen molar-refractivity contribution in [3.8, 4) is 5.75 Å². The fourth-order valence-electron chi connectivity index (χ4n) is 2.85. The average molecular weight is 305 g/mol. The molecule has 1 aliphatic heterocycles. The highest BCUT2D eigenvalue weighted by Crippen LogP contribution is 2.20. The molecule has 0 saturated carbocycles. The second kappa shape index (κ2) is 8.79. The van der Waals surface area contributed by atoms with Crippen LogP contribution in [0.15, 0.2) is 24.3 Å². The maximum absolute atomic E-state index is 11.0. The number of aliphatic carboxylic acids is 1. The fourth-order valence-corrected chi connectivity index (χ4v) is 2.85. The Bertz CT molecular complexity index is 458. The number of ether oxygens (including phenoxy) is 1. The molecule has 1 unspecified atom stereocenters. The van der Waals surface area contributed by atoms with Gasteiger partial charge in [-0.25, -0.2) is 0 Å². The number of likely N-dealkylation sites (tertiary alicyclic amines) is 1. The molecule has 0 aromatic heterocycles. The second-order valence-corrected chi connectivity index (χ2v) is 6.11. The average Bonchev–Trinajstić information content (AvgIpc) is 2.97. The minimum absolute atomic E-state index is 0.203. The van der Waals surface area contributed by atoms with Crippen LogP contribution in [0.5, 0.6) is 5.75 Å². The molecule has 22 heavy (non-hydrogen) atoms. The molecule has 0 aliphatic carbocycles. The van der Waals surface area contributed by atoms with Crippen molar-refractivity contribution in [2.24, 2.45) is 5.92 Å². The van der Waals surface area contributed by atoms with Gasteiger partial charge >= 0.3 is 5.97 Å². The Hall–Kier alpha value is -1.55. The van der Waals surface area contributed by atoms with Gasteiger partial charge in [-0.05, 0) is 37.1 Å². The molecule has 1 atom stereocenters. The first kappa shape index (κ1) is 16.8. The number of carboxylic acid groups (broad SMARTS) is 1. The zero-order chi connectivity index (χ0) is 15.8. The summed E-state index contributed by atoms with van der Waals surface area (Å²) in [7, 11) is 0. The summed E-state index contributed by atoms with van der Waals surface area (Å²) in [4.78, 5) is 13.2. The Kier molecular flexibility index (Phi) is 6.72. The van der Waals surface area contributed by atoms with Crippen molar-refractivity contribution < 1.29 is 14.6 Å². The van der Waals surface area contributed by atoms with E-state index in [1.807, 2.05) is 12.1 Å². The Morgan fingerprint density at radius 3 is 2.68 bits per heavy atom. The van der Waals surface area contributed by atoms with E-state index < -0.39 is 5.97 Å². The van der Waals surface area contributed by atoms with Crippen molar-refractivity contribution in [1.82, 2.24) is 4.90 Å². The Morgan fingerprint density at radius 1 is 1.27 bits per heavy atom. The van der Waals surface area contributed by atoms with E-state index >= 15 is 0 Å². The number of hydrogen-bond acceptors (Lipinski definition) is 3. The molecule has 1 aromatic rings. The first-order chi connectivity index (χ1) is 10.7. The molecular formula is C18H27NO3. The minimum Gasteiger partial charge on any atom is -0.494 e. The molecule has 1 aromatic carbocycles. The lowest BCUT2D eigenvalue weighted by Crippen LogP contribution is -2.22. The number of carbonyl (C=O) groups is 1. The standard InChI is InChI=1S/C18H27NO3/c1-2-3-4-5-12-22-17-8-6-15(7-9-17)13-19-11-10-16(14-19)18(20)21/h6-9,16H,2-5,10-14H2,1H3,(H,20,21). The van der Waals surface area contributed by atoms with Crippen molar-refractivity contribution in [3.05, 3.63) is 29.8 Å². The van der Waals surface area contributed by atoms with E-state index in [2.05, 4.69) is 24.0 Å². The van der Waals surface area contributed by atoms with Crippen LogP contribution in [0.1, 0.15) is 44.6 Å². The molecule has 122 valence electrons. The topological polar surface area (TPSA) is 49.8 Å². The molecule has 2 rings (SSSR count). The van der Waals surface area contributed by atoms with Crippen LogP contribution < -0.4 is 4.74 Å². The van der Waals surface area contributed by atoms with Gasteiger partial charge in [0.05, 0.1) is 12.5 Å². The molecule has 4 heteroatoms. The van der Waals surface area contributed by atoms with E-state index in [1.165, 1.54) is 24.8 Å². The summed E-state index contributed by atoms with van der Waals surface area (Å²) in [6, 6.07) is 8.19. The van der Waals surface area contributed by atoms with Crippen LogP contribution in [-0.2, 0) is 11.3 Å². The number of rotatable bonds is 9. The van der Waals surface area contributed by atoms with Crippen molar-refractivity contribution in [3.63, 3.8) is 0 Å². The summed E-state index contributed by atoms with van der Waals surface area (Å²) in [5.41, 5.74) is 1.21. The number of hydrogen-bond donors (Lipinski definition) is 1. The van der Waals surface area contributed by atoms with Gasteiger partial charge in [0.15, 0.2) is 0 Å². The van der Waals surface area contributed by atoms with Crippen LogP contribution >= 0.6 is 0 Å². The number of carboxylic acids is 1. The van der Waals surface area contributed by atoms with Crippen LogP contribution in [0.2, 0.25) is 0 Å². The van der Waals surface area contributed by atoms with E-state index in [1.54, 1.807) is 0 Å². The normalized spacial score (nSPS) is 18.5. The number of nitrogens with zero attached hydrogens (tertiary/aromatic N) is 1. The van der Waals surface area contributed by atoms with Crippen molar-refractivity contribution in [1.29, 1.82) is 0 Å². The third-order valence-electron chi connectivity index (χ3n) is 4.22. The lowest BCUT2D eigenvalue weighted by molar-refractivity contribution is -0.141. The predicted molar refractivity (Wildman–Crippen MR) is 87.1 cm³/mol. The number of unbranched alkanes of at least 4 members (excludes halogenated alkanes) is 3. The quantitative estimate of drug-likeness (QED) is 0.709. The third kappa shape index (κ3) is 5.34. The first-order valence-corrected chi connectivity index (χ1v) is 8.36. The first-order valence-electron chi connectivity index (χ1n) is 8.36. The summed E-state index contributed by atoms with van der Waals surface area (Å²) in [5, 5.41) is 9.03. The van der Waals surface area contributed by atoms with E-state index in [-0.39, 0.29) is 5.92 Å². The molecule has 1 heterocycles. The summed E-state index contributed by atoms with van der Waals surface area (Å²) in [6.07, 6.45) is 5.62. The monoisotopic (exact) mass is 305 g/mol. The molecule has 0 spiro atoms. The van der Waals surface area contributed by atoms with Crippen molar-refractivity contribution >= 4 is 5.97 Å². The maximum Gasteiger partial charge on any atom is 0.307 e. The van der Waals surface area contributed by atoms with Gasteiger partial charge in [-0.1, -0.05) is 38.3 Å². The van der Waals surface area contributed by atoms with E-state index in [0.717, 1.165) is 38.3 Å². The van der Waals surface area contributed by atoms with Crippen molar-refractivity contribution in [2.75, 3.05) is 19.7 Å². The highest BCUT2D eigenvalue weighted by Gasteiger charge is 2.27. The fraction of sp³-hybridized carbons (Fsp3) is 0.611. The Balaban J connectivity index is 1.72. The van der Waals surface area contributed by atoms with E-state index in [0.29, 0.717) is 6.54 Å². The molecule has 1 N–H and O–H groups in total. The van der Waals surface area contributed by atoms with Crippen molar-refractivity contribution in [2.45, 2.75) is 45.6 Å². The molecule has 1 fully saturated rings.